The molecule has 3 N–H and O–H groups in total. The fourth-order valence-corrected chi connectivity index (χ4v) is 6.14. The molecule has 2 fully saturated rings. The van der Waals surface area contributed by atoms with Crippen molar-refractivity contribution in [1.82, 2.24) is 0 Å². The van der Waals surface area contributed by atoms with Crippen LogP contribution in [0.1, 0.15) is 17.5 Å². The molecule has 4 atom stereocenters. The maximum atomic E-state index is 13.9. The predicted octanol–water partition coefficient (Wildman–Crippen LogP) is 1.56. The summed E-state index contributed by atoms with van der Waals surface area (Å²) >= 11 is 1.64. The van der Waals surface area contributed by atoms with E-state index in [1.54, 1.807) is 24.8 Å². The van der Waals surface area contributed by atoms with Crippen molar-refractivity contribution < 1.29 is 24.6 Å². The van der Waals surface area contributed by atoms with E-state index in [1.807, 2.05) is 29.8 Å². The number of rotatable bonds is 5. The molecule has 0 bridgehead atoms. The molecule has 2 aromatic carbocycles. The maximum absolute atomic E-state index is 13.9. The summed E-state index contributed by atoms with van der Waals surface area (Å²) in [6.45, 7) is 1.71. The molecule has 0 radical (unpaired) electrons. The van der Waals surface area contributed by atoms with Gasteiger partial charge in [0.1, 0.15) is 17.9 Å². The zero-order valence-corrected chi connectivity index (χ0v) is 18.9. The highest BCUT2D eigenvalue weighted by molar-refractivity contribution is 7.98. The Hall–Kier alpha value is -3.24. The molecule has 10 heteroatoms. The first kappa shape index (κ1) is 21.6. The molecule has 0 aromatic heterocycles. The van der Waals surface area contributed by atoms with E-state index in [1.165, 1.54) is 18.2 Å². The van der Waals surface area contributed by atoms with Gasteiger partial charge in [-0.3, -0.25) is 24.5 Å². The monoisotopic (exact) mass is 467 g/mol. The SMILES string of the molecule is CSCC[C@H]1[NH2+][C@@]2(C(=O)Nc3ccccc32)[C@H]2C(=O)N(c3cc([N+](=O)[O-])ccc3C)C(=O)[C@@H]12. The third kappa shape index (κ3) is 2.94. The Kier molecular flexibility index (Phi) is 5.02. The number of nitrogens with zero attached hydrogens (tertiary/aromatic N) is 2. The van der Waals surface area contributed by atoms with E-state index < -0.39 is 34.1 Å². The van der Waals surface area contributed by atoms with Crippen molar-refractivity contribution in [2.45, 2.75) is 24.9 Å². The number of nitro benzene ring substituents is 1. The summed E-state index contributed by atoms with van der Waals surface area (Å²) in [6.07, 6.45) is 2.63. The summed E-state index contributed by atoms with van der Waals surface area (Å²) in [5.74, 6) is -1.99. The molecule has 170 valence electrons. The fraction of sp³-hybridized carbons (Fsp3) is 0.348. The van der Waals surface area contributed by atoms with Crippen LogP contribution in [-0.2, 0) is 19.9 Å². The second-order valence-corrected chi connectivity index (χ2v) is 9.71. The number of nitro groups is 1. The van der Waals surface area contributed by atoms with Crippen molar-refractivity contribution in [3.8, 4) is 0 Å². The van der Waals surface area contributed by atoms with Gasteiger partial charge in [-0.25, -0.2) is 4.90 Å². The molecule has 5 rings (SSSR count). The van der Waals surface area contributed by atoms with Crippen LogP contribution < -0.4 is 15.5 Å². The summed E-state index contributed by atoms with van der Waals surface area (Å²) in [7, 11) is 0. The number of benzene rings is 2. The first-order chi connectivity index (χ1) is 15.8. The van der Waals surface area contributed by atoms with Crippen molar-refractivity contribution in [3.63, 3.8) is 0 Å². The molecule has 3 aliphatic heterocycles. The average molecular weight is 468 g/mol. The van der Waals surface area contributed by atoms with E-state index in [0.29, 0.717) is 23.2 Å². The molecule has 2 saturated heterocycles. The summed E-state index contributed by atoms with van der Waals surface area (Å²) < 4.78 is 0. The van der Waals surface area contributed by atoms with E-state index >= 15 is 0 Å². The zero-order valence-electron chi connectivity index (χ0n) is 18.1. The number of quaternary nitrogens is 1. The summed E-state index contributed by atoms with van der Waals surface area (Å²) in [4.78, 5) is 52.9. The Morgan fingerprint density at radius 2 is 1.94 bits per heavy atom. The number of nitrogens with one attached hydrogen (secondary N) is 1. The van der Waals surface area contributed by atoms with Gasteiger partial charge >= 0.3 is 0 Å². The van der Waals surface area contributed by atoms with Crippen LogP contribution in [-0.4, -0.2) is 40.7 Å². The Labute approximate surface area is 194 Å². The highest BCUT2D eigenvalue weighted by Crippen LogP contribution is 2.50. The van der Waals surface area contributed by atoms with Crippen LogP contribution in [0.3, 0.4) is 0 Å². The third-order valence-corrected chi connectivity index (χ3v) is 7.72. The van der Waals surface area contributed by atoms with Gasteiger partial charge in [0.2, 0.25) is 17.4 Å². The van der Waals surface area contributed by atoms with Crippen LogP contribution in [0.5, 0.6) is 0 Å². The molecule has 3 heterocycles. The average Bonchev–Trinajstić information content (AvgIpc) is 3.37. The first-order valence-corrected chi connectivity index (χ1v) is 12.1. The Morgan fingerprint density at radius 3 is 2.67 bits per heavy atom. The first-order valence-electron chi connectivity index (χ1n) is 10.7. The van der Waals surface area contributed by atoms with E-state index in [0.717, 1.165) is 10.7 Å². The second-order valence-electron chi connectivity index (χ2n) is 8.72. The number of fused-ring (bicyclic) bond motifs is 4. The number of imide groups is 1. The van der Waals surface area contributed by atoms with Crippen LogP contribution in [0.25, 0.3) is 0 Å². The normalized spacial score (nSPS) is 27.8. The largest absolute Gasteiger partial charge is 0.326 e. The summed E-state index contributed by atoms with van der Waals surface area (Å²) in [5, 5.41) is 16.2. The number of hydrogen-bond acceptors (Lipinski definition) is 6. The standard InChI is InChI=1S/C23H22N4O5S/c1-12-7-8-13(27(31)32)11-17(12)26-20(28)18-16(9-10-33-2)25-23(19(18)21(26)29)14-5-3-4-6-15(14)24-22(23)30/h3-8,11,16,18-19,25H,9-10H2,1-2H3,(H,24,30)/p+1/t16-,18+,19-,23-/m1/s1. The number of non-ortho nitro benzene ring substituents is 1. The highest BCUT2D eigenvalue weighted by atomic mass is 32.2. The van der Waals surface area contributed by atoms with Gasteiger partial charge in [0.15, 0.2) is 0 Å². The Balaban J connectivity index is 1.66. The topological polar surface area (TPSA) is 126 Å². The number of hydrogen-bond donors (Lipinski definition) is 2. The zero-order chi connectivity index (χ0) is 23.5. The summed E-state index contributed by atoms with van der Waals surface area (Å²) in [5.41, 5.74) is 0.706. The van der Waals surface area contributed by atoms with Crippen LogP contribution in [0.4, 0.5) is 17.1 Å². The molecule has 9 nitrogen and oxygen atoms in total. The lowest BCUT2D eigenvalue weighted by atomic mass is 9.76. The Morgan fingerprint density at radius 1 is 1.18 bits per heavy atom. The quantitative estimate of drug-likeness (QED) is 0.390. The van der Waals surface area contributed by atoms with E-state index in [2.05, 4.69) is 5.32 Å². The number of amides is 3. The highest BCUT2D eigenvalue weighted by Gasteiger charge is 2.74. The molecule has 33 heavy (non-hydrogen) atoms. The molecular weight excluding hydrogens is 444 g/mol. The number of carbonyl (C=O) groups excluding carboxylic acids is 3. The second kappa shape index (κ2) is 7.67. The van der Waals surface area contributed by atoms with Crippen LogP contribution in [0.15, 0.2) is 42.5 Å². The van der Waals surface area contributed by atoms with Gasteiger partial charge < -0.3 is 10.6 Å². The van der Waals surface area contributed by atoms with E-state index in [-0.39, 0.29) is 23.3 Å². The van der Waals surface area contributed by atoms with Gasteiger partial charge in [-0.1, -0.05) is 24.3 Å². The molecule has 3 amide bonds. The number of thioether (sulfide) groups is 1. The predicted molar refractivity (Wildman–Crippen MR) is 123 cm³/mol. The Bertz CT molecular complexity index is 1220. The van der Waals surface area contributed by atoms with Gasteiger partial charge in [0.25, 0.3) is 11.6 Å². The molecule has 0 saturated carbocycles. The minimum Gasteiger partial charge on any atom is -0.326 e. The van der Waals surface area contributed by atoms with Crippen molar-refractivity contribution in [3.05, 3.63) is 63.7 Å². The molecule has 1 spiro atoms. The molecule has 3 aliphatic rings. The minimum atomic E-state index is -1.24. The van der Waals surface area contributed by atoms with Gasteiger partial charge in [0.05, 0.1) is 16.3 Å². The molecule has 0 unspecified atom stereocenters. The van der Waals surface area contributed by atoms with Crippen molar-refractivity contribution in [1.29, 1.82) is 0 Å². The fourth-order valence-electron chi connectivity index (χ4n) is 5.63. The van der Waals surface area contributed by atoms with Crippen LogP contribution in [0, 0.1) is 28.9 Å². The van der Waals surface area contributed by atoms with E-state index in [9.17, 15) is 24.5 Å². The summed E-state index contributed by atoms with van der Waals surface area (Å²) in [6, 6.07) is 11.1. The molecule has 0 aliphatic carbocycles. The number of nitrogens with two attached hydrogens (primary N) is 1. The molecule has 2 aromatic rings. The van der Waals surface area contributed by atoms with Gasteiger partial charge in [-0.15, -0.1) is 0 Å². The van der Waals surface area contributed by atoms with Crippen molar-refractivity contribution >= 4 is 46.5 Å². The van der Waals surface area contributed by atoms with E-state index in [4.69, 9.17) is 0 Å². The third-order valence-electron chi connectivity index (χ3n) is 7.08. The van der Waals surface area contributed by atoms with Gasteiger partial charge in [0, 0.05) is 24.1 Å². The van der Waals surface area contributed by atoms with Crippen molar-refractivity contribution in [2.75, 3.05) is 22.2 Å². The number of carbonyl (C=O) groups is 3. The maximum Gasteiger partial charge on any atom is 0.291 e. The van der Waals surface area contributed by atoms with Crippen molar-refractivity contribution in [2.24, 2.45) is 11.8 Å². The smallest absolute Gasteiger partial charge is 0.291 e. The number of anilines is 2. The number of aryl methyl sites for hydroxylation is 1. The number of para-hydroxylation sites is 1. The van der Waals surface area contributed by atoms with Crippen LogP contribution in [0.2, 0.25) is 0 Å². The van der Waals surface area contributed by atoms with Crippen LogP contribution >= 0.6 is 11.8 Å². The minimum absolute atomic E-state index is 0.197. The molecular formula is C23H23N4O5S+. The lowest BCUT2D eigenvalue weighted by Crippen LogP contribution is -2.99. The lowest BCUT2D eigenvalue weighted by Gasteiger charge is -2.26. The van der Waals surface area contributed by atoms with Gasteiger partial charge in [-0.2, -0.15) is 11.8 Å². The lowest BCUT2D eigenvalue weighted by molar-refractivity contribution is -0.733. The van der Waals surface area contributed by atoms with Gasteiger partial charge in [-0.05, 0) is 30.6 Å².